The van der Waals surface area contributed by atoms with Crippen molar-refractivity contribution < 1.29 is 13.2 Å². The predicted octanol–water partition coefficient (Wildman–Crippen LogP) is 2.46. The number of amides is 1. The maximum Gasteiger partial charge on any atom is 0.235 e. The zero-order valence-corrected chi connectivity index (χ0v) is 15.6. The summed E-state index contributed by atoms with van der Waals surface area (Å²) in [5.74, 6) is -0.328. The molecule has 0 saturated heterocycles. The summed E-state index contributed by atoms with van der Waals surface area (Å²) in [5, 5.41) is 3.37. The molecule has 7 heteroatoms. The van der Waals surface area contributed by atoms with Gasteiger partial charge < -0.3 is 5.32 Å². The molecule has 0 aliphatic carbocycles. The van der Waals surface area contributed by atoms with Gasteiger partial charge in [-0.25, -0.2) is 8.42 Å². The van der Waals surface area contributed by atoms with Crippen LogP contribution in [-0.4, -0.2) is 38.0 Å². The third kappa shape index (κ3) is 6.86. The molecule has 0 radical (unpaired) electrons. The average Bonchev–Trinajstić information content (AvgIpc) is 2.58. The monoisotopic (exact) mass is 380 g/mol. The van der Waals surface area contributed by atoms with Crippen molar-refractivity contribution in [3.05, 3.63) is 70.7 Å². The van der Waals surface area contributed by atoms with Crippen molar-refractivity contribution in [2.45, 2.75) is 13.0 Å². The lowest BCUT2D eigenvalue weighted by molar-refractivity contribution is -0.121. The lowest BCUT2D eigenvalue weighted by atomic mass is 10.1. The quantitative estimate of drug-likeness (QED) is 0.765. The van der Waals surface area contributed by atoms with Crippen molar-refractivity contribution in [3.63, 3.8) is 0 Å². The van der Waals surface area contributed by atoms with Crippen molar-refractivity contribution in [2.75, 3.05) is 19.3 Å². The molecule has 1 N–H and O–H groups in total. The van der Waals surface area contributed by atoms with Gasteiger partial charge in [0, 0.05) is 18.1 Å². The fourth-order valence-electron chi connectivity index (χ4n) is 2.28. The van der Waals surface area contributed by atoms with E-state index in [1.54, 1.807) is 12.1 Å². The highest BCUT2D eigenvalue weighted by Gasteiger charge is 2.19. The maximum absolute atomic E-state index is 12.1. The molecule has 2 aromatic carbocycles. The Hall–Kier alpha value is -1.89. The Kier molecular flexibility index (Phi) is 6.99. The third-order valence-corrected chi connectivity index (χ3v) is 5.19. The second-order valence-electron chi connectivity index (χ2n) is 5.74. The van der Waals surface area contributed by atoms with Crippen LogP contribution in [0, 0.1) is 0 Å². The number of halogens is 1. The third-order valence-electron chi connectivity index (χ3n) is 3.68. The van der Waals surface area contributed by atoms with Gasteiger partial charge in [-0.1, -0.05) is 54.1 Å². The topological polar surface area (TPSA) is 66.5 Å². The highest BCUT2D eigenvalue weighted by atomic mass is 35.5. The lowest BCUT2D eigenvalue weighted by Crippen LogP contribution is -2.41. The van der Waals surface area contributed by atoms with Crippen LogP contribution in [0.4, 0.5) is 0 Å². The molecule has 5 nitrogen and oxygen atoms in total. The van der Waals surface area contributed by atoms with Crippen LogP contribution in [0.2, 0.25) is 5.02 Å². The van der Waals surface area contributed by atoms with Crippen molar-refractivity contribution in [1.29, 1.82) is 0 Å². The minimum absolute atomic E-state index is 0.195. The lowest BCUT2D eigenvalue weighted by Gasteiger charge is -2.19. The van der Waals surface area contributed by atoms with Crippen LogP contribution < -0.4 is 5.32 Å². The second-order valence-corrected chi connectivity index (χ2v) is 8.15. The van der Waals surface area contributed by atoms with Crippen molar-refractivity contribution in [2.24, 2.45) is 0 Å². The first-order valence-electron chi connectivity index (χ1n) is 7.85. The van der Waals surface area contributed by atoms with E-state index in [4.69, 9.17) is 11.6 Å². The molecule has 0 saturated carbocycles. The van der Waals surface area contributed by atoms with Crippen molar-refractivity contribution >= 4 is 27.5 Å². The summed E-state index contributed by atoms with van der Waals surface area (Å²) < 4.78 is 25.1. The predicted molar refractivity (Wildman–Crippen MR) is 99.9 cm³/mol. The standard InChI is InChI=1S/C18H21ClN2O3S/c1-25(23,24)21(12-11-15-7-9-17(19)10-8-15)14-18(22)20-13-16-5-3-2-4-6-16/h2-10H,11-14H2,1H3,(H,20,22). The molecule has 134 valence electrons. The van der Waals surface area contributed by atoms with Crippen LogP contribution in [-0.2, 0) is 27.8 Å². The van der Waals surface area contributed by atoms with Gasteiger partial charge in [0.2, 0.25) is 15.9 Å². The Morgan fingerprint density at radius 2 is 1.68 bits per heavy atom. The summed E-state index contributed by atoms with van der Waals surface area (Å²) in [5.41, 5.74) is 1.92. The minimum atomic E-state index is -3.47. The summed E-state index contributed by atoms with van der Waals surface area (Å²) in [4.78, 5) is 12.1. The molecular formula is C18H21ClN2O3S. The van der Waals surface area contributed by atoms with Gasteiger partial charge in [-0.3, -0.25) is 4.79 Å². The number of hydrogen-bond donors (Lipinski definition) is 1. The van der Waals surface area contributed by atoms with Gasteiger partial charge in [-0.05, 0) is 29.7 Å². The molecule has 0 heterocycles. The summed E-state index contributed by atoms with van der Waals surface area (Å²) in [6.07, 6.45) is 1.62. The fraction of sp³-hybridized carbons (Fsp3) is 0.278. The molecule has 2 rings (SSSR count). The first-order chi connectivity index (χ1) is 11.8. The maximum atomic E-state index is 12.1. The van der Waals surface area contributed by atoms with Gasteiger partial charge >= 0.3 is 0 Å². The molecular weight excluding hydrogens is 360 g/mol. The number of nitrogens with one attached hydrogen (secondary N) is 1. The molecule has 2 aromatic rings. The van der Waals surface area contributed by atoms with E-state index < -0.39 is 10.0 Å². The first kappa shape index (κ1) is 19.4. The van der Waals surface area contributed by atoms with Crippen LogP contribution in [0.3, 0.4) is 0 Å². The van der Waals surface area contributed by atoms with E-state index in [1.165, 1.54) is 4.31 Å². The zero-order valence-electron chi connectivity index (χ0n) is 14.0. The Morgan fingerprint density at radius 1 is 1.04 bits per heavy atom. The summed E-state index contributed by atoms with van der Waals surface area (Å²) in [6.45, 7) is 0.410. The summed E-state index contributed by atoms with van der Waals surface area (Å²) >= 11 is 5.84. The Bertz CT molecular complexity index is 793. The smallest absolute Gasteiger partial charge is 0.235 e. The zero-order chi connectivity index (χ0) is 18.3. The van der Waals surface area contributed by atoms with Gasteiger partial charge in [0.25, 0.3) is 0 Å². The first-order valence-corrected chi connectivity index (χ1v) is 10.1. The number of rotatable bonds is 8. The van der Waals surface area contributed by atoms with Gasteiger partial charge in [0.15, 0.2) is 0 Å². The van der Waals surface area contributed by atoms with Gasteiger partial charge in [0.1, 0.15) is 0 Å². The number of benzene rings is 2. The van der Waals surface area contributed by atoms with Gasteiger partial charge in [-0.2, -0.15) is 4.31 Å². The molecule has 25 heavy (non-hydrogen) atoms. The highest BCUT2D eigenvalue weighted by molar-refractivity contribution is 7.88. The number of nitrogens with zero attached hydrogens (tertiary/aromatic N) is 1. The molecule has 0 aliphatic rings. The number of carbonyl (C=O) groups is 1. The largest absolute Gasteiger partial charge is 0.351 e. The van der Waals surface area contributed by atoms with E-state index in [1.807, 2.05) is 42.5 Å². The van der Waals surface area contributed by atoms with Crippen LogP contribution in [0.25, 0.3) is 0 Å². The molecule has 0 bridgehead atoms. The highest BCUT2D eigenvalue weighted by Crippen LogP contribution is 2.11. The number of sulfonamides is 1. The Morgan fingerprint density at radius 3 is 2.28 bits per heavy atom. The van der Waals surface area contributed by atoms with E-state index in [2.05, 4.69) is 5.32 Å². The molecule has 1 amide bonds. The van der Waals surface area contributed by atoms with Crippen LogP contribution in [0.1, 0.15) is 11.1 Å². The van der Waals surface area contributed by atoms with Gasteiger partial charge in [0.05, 0.1) is 12.8 Å². The van der Waals surface area contributed by atoms with Crippen molar-refractivity contribution in [3.8, 4) is 0 Å². The van der Waals surface area contributed by atoms with E-state index in [-0.39, 0.29) is 19.0 Å². The minimum Gasteiger partial charge on any atom is -0.351 e. The van der Waals surface area contributed by atoms with Crippen LogP contribution >= 0.6 is 11.6 Å². The second kappa shape index (κ2) is 8.99. The van der Waals surface area contributed by atoms with Crippen LogP contribution in [0.15, 0.2) is 54.6 Å². The molecule has 0 atom stereocenters. The number of carbonyl (C=O) groups excluding carboxylic acids is 1. The molecule has 0 aromatic heterocycles. The molecule has 0 aliphatic heterocycles. The summed E-state index contributed by atoms with van der Waals surface area (Å²) in [7, 11) is -3.47. The van der Waals surface area contributed by atoms with E-state index in [0.29, 0.717) is 18.0 Å². The van der Waals surface area contributed by atoms with E-state index in [0.717, 1.165) is 17.4 Å². The Balaban J connectivity index is 1.91. The molecule has 0 spiro atoms. The molecule has 0 fully saturated rings. The van der Waals surface area contributed by atoms with Crippen molar-refractivity contribution in [1.82, 2.24) is 9.62 Å². The molecule has 0 unspecified atom stereocenters. The van der Waals surface area contributed by atoms with E-state index in [9.17, 15) is 13.2 Å². The normalized spacial score (nSPS) is 11.5. The van der Waals surface area contributed by atoms with Gasteiger partial charge in [-0.15, -0.1) is 0 Å². The number of hydrogen-bond acceptors (Lipinski definition) is 3. The average molecular weight is 381 g/mol. The Labute approximate surface area is 153 Å². The summed E-state index contributed by atoms with van der Waals surface area (Å²) in [6, 6.07) is 16.7. The van der Waals surface area contributed by atoms with Crippen LogP contribution in [0.5, 0.6) is 0 Å². The fourth-order valence-corrected chi connectivity index (χ4v) is 3.18. The van der Waals surface area contributed by atoms with E-state index >= 15 is 0 Å². The SMILES string of the molecule is CS(=O)(=O)N(CCc1ccc(Cl)cc1)CC(=O)NCc1ccccc1.